The highest BCUT2D eigenvalue weighted by molar-refractivity contribution is 7.12. The summed E-state index contributed by atoms with van der Waals surface area (Å²) in [6.07, 6.45) is 3.95. The Labute approximate surface area is 140 Å². The molecule has 0 aliphatic carbocycles. The minimum absolute atomic E-state index is 0. The fourth-order valence-electron chi connectivity index (χ4n) is 3.10. The van der Waals surface area contributed by atoms with Crippen LogP contribution in [0, 0.1) is 0 Å². The standard InChI is InChI=1S/C15H21N3O2S.ClH/c19-14(17-10-11-4-1-7-16-11)12-5-2-8-18(12)15(20)13-6-3-9-21-13;/h3,6,9,11-12,16H,1-2,4-5,7-8,10H2,(H,17,19);1H. The van der Waals surface area contributed by atoms with E-state index in [4.69, 9.17) is 0 Å². The van der Waals surface area contributed by atoms with Gasteiger partial charge in [-0.05, 0) is 43.7 Å². The molecule has 3 heterocycles. The first-order valence-corrected chi connectivity index (χ1v) is 8.49. The average molecular weight is 344 g/mol. The van der Waals surface area contributed by atoms with Crippen molar-refractivity contribution < 1.29 is 9.59 Å². The first-order chi connectivity index (χ1) is 10.3. The lowest BCUT2D eigenvalue weighted by Crippen LogP contribution is -2.48. The molecule has 22 heavy (non-hydrogen) atoms. The molecule has 5 nitrogen and oxygen atoms in total. The van der Waals surface area contributed by atoms with Crippen LogP contribution in [-0.2, 0) is 4.79 Å². The molecule has 2 aliphatic rings. The third kappa shape index (κ3) is 3.80. The van der Waals surface area contributed by atoms with Crippen molar-refractivity contribution in [3.8, 4) is 0 Å². The first kappa shape index (κ1) is 17.2. The zero-order valence-electron chi connectivity index (χ0n) is 12.4. The summed E-state index contributed by atoms with van der Waals surface area (Å²) in [6, 6.07) is 3.77. The van der Waals surface area contributed by atoms with E-state index in [1.165, 1.54) is 17.8 Å². The molecular formula is C15H22ClN3O2S. The van der Waals surface area contributed by atoms with E-state index in [2.05, 4.69) is 10.6 Å². The highest BCUT2D eigenvalue weighted by Gasteiger charge is 2.35. The van der Waals surface area contributed by atoms with E-state index in [1.807, 2.05) is 17.5 Å². The number of rotatable bonds is 4. The number of amides is 2. The quantitative estimate of drug-likeness (QED) is 0.873. The third-order valence-corrected chi connectivity index (χ3v) is 5.09. The molecule has 2 atom stereocenters. The molecule has 1 aromatic heterocycles. The monoisotopic (exact) mass is 343 g/mol. The number of hydrogen-bond donors (Lipinski definition) is 2. The van der Waals surface area contributed by atoms with Gasteiger partial charge in [-0.2, -0.15) is 0 Å². The van der Waals surface area contributed by atoms with Crippen LogP contribution in [0.4, 0.5) is 0 Å². The van der Waals surface area contributed by atoms with Gasteiger partial charge < -0.3 is 15.5 Å². The molecule has 2 unspecified atom stereocenters. The van der Waals surface area contributed by atoms with E-state index < -0.39 is 0 Å². The minimum Gasteiger partial charge on any atom is -0.353 e. The van der Waals surface area contributed by atoms with E-state index in [0.717, 1.165) is 25.8 Å². The van der Waals surface area contributed by atoms with Gasteiger partial charge in [0.25, 0.3) is 5.91 Å². The molecule has 0 aromatic carbocycles. The van der Waals surface area contributed by atoms with Crippen LogP contribution in [0.15, 0.2) is 17.5 Å². The largest absolute Gasteiger partial charge is 0.353 e. The number of carbonyl (C=O) groups excluding carboxylic acids is 2. The molecule has 1 aromatic rings. The summed E-state index contributed by atoms with van der Waals surface area (Å²) >= 11 is 1.43. The number of hydrogen-bond acceptors (Lipinski definition) is 4. The summed E-state index contributed by atoms with van der Waals surface area (Å²) in [5.41, 5.74) is 0. The van der Waals surface area contributed by atoms with Crippen LogP contribution in [-0.4, -0.2) is 48.4 Å². The zero-order chi connectivity index (χ0) is 14.7. The Morgan fingerprint density at radius 2 is 2.23 bits per heavy atom. The van der Waals surface area contributed by atoms with Crippen LogP contribution in [0.2, 0.25) is 0 Å². The molecule has 2 N–H and O–H groups in total. The SMILES string of the molecule is Cl.O=C(NCC1CCCN1)C1CCCN1C(=O)c1cccs1. The van der Waals surface area contributed by atoms with Crippen molar-refractivity contribution in [3.05, 3.63) is 22.4 Å². The van der Waals surface area contributed by atoms with Crippen LogP contribution >= 0.6 is 23.7 Å². The fourth-order valence-corrected chi connectivity index (χ4v) is 3.78. The van der Waals surface area contributed by atoms with Crippen LogP contribution in [0.5, 0.6) is 0 Å². The van der Waals surface area contributed by atoms with Crippen molar-refractivity contribution in [2.75, 3.05) is 19.6 Å². The second kappa shape index (κ2) is 7.94. The number of likely N-dealkylation sites (tertiary alicyclic amines) is 1. The maximum Gasteiger partial charge on any atom is 0.264 e. The molecule has 0 bridgehead atoms. The lowest BCUT2D eigenvalue weighted by molar-refractivity contribution is -0.124. The molecule has 2 amide bonds. The van der Waals surface area contributed by atoms with Crippen molar-refractivity contribution in [1.29, 1.82) is 0 Å². The second-order valence-electron chi connectivity index (χ2n) is 5.67. The summed E-state index contributed by atoms with van der Waals surface area (Å²) < 4.78 is 0. The van der Waals surface area contributed by atoms with Crippen molar-refractivity contribution in [1.82, 2.24) is 15.5 Å². The van der Waals surface area contributed by atoms with Gasteiger partial charge >= 0.3 is 0 Å². The van der Waals surface area contributed by atoms with Crippen molar-refractivity contribution >= 4 is 35.6 Å². The Kier molecular flexibility index (Phi) is 6.23. The lowest BCUT2D eigenvalue weighted by Gasteiger charge is -2.24. The van der Waals surface area contributed by atoms with Crippen LogP contribution in [0.3, 0.4) is 0 Å². The highest BCUT2D eigenvalue weighted by Crippen LogP contribution is 2.22. The van der Waals surface area contributed by atoms with E-state index in [0.29, 0.717) is 24.0 Å². The van der Waals surface area contributed by atoms with Gasteiger partial charge in [-0.15, -0.1) is 23.7 Å². The van der Waals surface area contributed by atoms with Crippen molar-refractivity contribution in [3.63, 3.8) is 0 Å². The smallest absolute Gasteiger partial charge is 0.264 e. The molecule has 0 radical (unpaired) electrons. The van der Waals surface area contributed by atoms with Gasteiger partial charge in [0.2, 0.25) is 5.91 Å². The Balaban J connectivity index is 0.00000176. The predicted octanol–water partition coefficient (Wildman–Crippen LogP) is 1.64. The summed E-state index contributed by atoms with van der Waals surface area (Å²) in [5, 5.41) is 8.26. The van der Waals surface area contributed by atoms with Gasteiger partial charge in [-0.3, -0.25) is 9.59 Å². The fraction of sp³-hybridized carbons (Fsp3) is 0.600. The van der Waals surface area contributed by atoms with E-state index >= 15 is 0 Å². The summed E-state index contributed by atoms with van der Waals surface area (Å²) in [4.78, 5) is 27.2. The molecule has 3 rings (SSSR count). The van der Waals surface area contributed by atoms with Crippen molar-refractivity contribution in [2.24, 2.45) is 0 Å². The number of nitrogens with zero attached hydrogens (tertiary/aromatic N) is 1. The molecule has 122 valence electrons. The Morgan fingerprint density at radius 1 is 1.36 bits per heavy atom. The maximum atomic E-state index is 12.4. The molecule has 2 saturated heterocycles. The molecular weight excluding hydrogens is 322 g/mol. The number of carbonyl (C=O) groups is 2. The Morgan fingerprint density at radius 3 is 2.91 bits per heavy atom. The van der Waals surface area contributed by atoms with E-state index in [1.54, 1.807) is 4.90 Å². The normalized spacial score (nSPS) is 24.1. The molecule has 0 saturated carbocycles. The van der Waals surface area contributed by atoms with Gasteiger partial charge in [0.15, 0.2) is 0 Å². The number of nitrogens with one attached hydrogen (secondary N) is 2. The maximum absolute atomic E-state index is 12.4. The number of thiophene rings is 1. The van der Waals surface area contributed by atoms with E-state index in [-0.39, 0.29) is 30.3 Å². The summed E-state index contributed by atoms with van der Waals surface area (Å²) in [7, 11) is 0. The molecule has 7 heteroatoms. The second-order valence-corrected chi connectivity index (χ2v) is 6.62. The van der Waals surface area contributed by atoms with Gasteiger partial charge in [-0.25, -0.2) is 0 Å². The van der Waals surface area contributed by atoms with Gasteiger partial charge in [0, 0.05) is 19.1 Å². The van der Waals surface area contributed by atoms with Crippen LogP contribution in [0.25, 0.3) is 0 Å². The van der Waals surface area contributed by atoms with Gasteiger partial charge in [-0.1, -0.05) is 6.07 Å². The zero-order valence-corrected chi connectivity index (χ0v) is 14.0. The lowest BCUT2D eigenvalue weighted by atomic mass is 10.2. The van der Waals surface area contributed by atoms with Gasteiger partial charge in [0.1, 0.15) is 6.04 Å². The van der Waals surface area contributed by atoms with E-state index in [9.17, 15) is 9.59 Å². The predicted molar refractivity (Wildman–Crippen MR) is 89.7 cm³/mol. The van der Waals surface area contributed by atoms with Gasteiger partial charge in [0.05, 0.1) is 4.88 Å². The molecule has 2 fully saturated rings. The third-order valence-electron chi connectivity index (χ3n) is 4.23. The first-order valence-electron chi connectivity index (χ1n) is 7.61. The molecule has 2 aliphatic heterocycles. The average Bonchev–Trinajstić information content (AvgIpc) is 3.26. The highest BCUT2D eigenvalue weighted by atomic mass is 35.5. The summed E-state index contributed by atoms with van der Waals surface area (Å²) in [6.45, 7) is 2.37. The topological polar surface area (TPSA) is 61.4 Å². The van der Waals surface area contributed by atoms with Crippen LogP contribution in [0.1, 0.15) is 35.4 Å². The van der Waals surface area contributed by atoms with Crippen molar-refractivity contribution in [2.45, 2.75) is 37.8 Å². The Hall–Kier alpha value is -1.11. The summed E-state index contributed by atoms with van der Waals surface area (Å²) in [5.74, 6) is -0.0206. The minimum atomic E-state index is -0.305. The molecule has 0 spiro atoms. The Bertz CT molecular complexity index is 503. The van der Waals surface area contributed by atoms with Crippen LogP contribution < -0.4 is 10.6 Å². The number of halogens is 1.